The predicted molar refractivity (Wildman–Crippen MR) is 166 cm³/mol. The summed E-state index contributed by atoms with van der Waals surface area (Å²) in [5.74, 6) is 1.62. The van der Waals surface area contributed by atoms with Crippen molar-refractivity contribution >= 4 is 10.9 Å². The van der Waals surface area contributed by atoms with Crippen LogP contribution in [0.5, 0.6) is 17.2 Å². The smallest absolute Gasteiger partial charge is 0.297 e. The van der Waals surface area contributed by atoms with E-state index in [1.54, 1.807) is 0 Å². The molecule has 218 valence electrons. The molecule has 0 unspecified atom stereocenters. The molecule has 0 amide bonds. The molecule has 39 heavy (non-hydrogen) atoms. The van der Waals surface area contributed by atoms with Gasteiger partial charge in [0.25, 0.3) is 5.56 Å². The van der Waals surface area contributed by atoms with Gasteiger partial charge in [-0.1, -0.05) is 69.6 Å². The highest BCUT2D eigenvalue weighted by molar-refractivity contribution is 5.89. The molecule has 1 heterocycles. The van der Waals surface area contributed by atoms with Gasteiger partial charge in [-0.25, -0.2) is 0 Å². The Labute approximate surface area is 237 Å². The minimum Gasteiger partial charge on any atom is -0.494 e. The van der Waals surface area contributed by atoms with E-state index in [1.165, 1.54) is 43.3 Å². The second kappa shape index (κ2) is 17.8. The minimum atomic E-state index is -0.152. The zero-order valence-electron chi connectivity index (χ0n) is 25.7. The summed E-state index contributed by atoms with van der Waals surface area (Å²) in [6.45, 7) is 16.3. The maximum absolute atomic E-state index is 13.7. The number of hydrogen-bond donors (Lipinski definition) is 0. The topological polar surface area (TPSA) is 49.7 Å². The van der Waals surface area contributed by atoms with Crippen molar-refractivity contribution in [2.24, 2.45) is 0 Å². The number of allylic oxidation sites excluding steroid dienone is 3. The van der Waals surface area contributed by atoms with E-state index in [9.17, 15) is 4.79 Å². The molecule has 0 aliphatic carbocycles. The molecule has 0 radical (unpaired) electrons. The van der Waals surface area contributed by atoms with Crippen molar-refractivity contribution in [3.8, 4) is 17.2 Å². The summed E-state index contributed by atoms with van der Waals surface area (Å²) in [7, 11) is 0. The molecule has 5 heteroatoms. The third-order valence-electron chi connectivity index (χ3n) is 6.87. The minimum absolute atomic E-state index is 0.0337. The Morgan fingerprint density at radius 2 is 1.54 bits per heavy atom. The Bertz CT molecular complexity index is 1120. The SMILES string of the molecule is CCCCCCCCOc1ccc2c(OC/C=C(\C)CCC=C(C)C)c(OCCCC)c(=O)n(C(C)C)c2c1. The van der Waals surface area contributed by atoms with Crippen molar-refractivity contribution in [1.29, 1.82) is 0 Å². The third kappa shape index (κ3) is 10.8. The van der Waals surface area contributed by atoms with Gasteiger partial charge >= 0.3 is 0 Å². The predicted octanol–water partition coefficient (Wildman–Crippen LogP) is 9.57. The van der Waals surface area contributed by atoms with E-state index in [1.807, 2.05) is 36.6 Å². The first kappa shape index (κ1) is 32.5. The van der Waals surface area contributed by atoms with Gasteiger partial charge in [0.05, 0.1) is 18.7 Å². The lowest BCUT2D eigenvalue weighted by molar-refractivity contribution is 0.274. The average Bonchev–Trinajstić information content (AvgIpc) is 2.89. The number of benzene rings is 1. The Hall–Kier alpha value is -2.69. The average molecular weight is 540 g/mol. The van der Waals surface area contributed by atoms with Crippen molar-refractivity contribution in [3.63, 3.8) is 0 Å². The van der Waals surface area contributed by atoms with Crippen LogP contribution in [-0.4, -0.2) is 24.4 Å². The number of rotatable bonds is 19. The van der Waals surface area contributed by atoms with Crippen LogP contribution in [0.4, 0.5) is 0 Å². The van der Waals surface area contributed by atoms with E-state index in [0.717, 1.165) is 48.8 Å². The van der Waals surface area contributed by atoms with E-state index in [2.05, 4.69) is 46.8 Å². The first-order chi connectivity index (χ1) is 18.8. The molecule has 0 bridgehead atoms. The molecule has 0 fully saturated rings. The van der Waals surface area contributed by atoms with Gasteiger partial charge in [-0.15, -0.1) is 0 Å². The van der Waals surface area contributed by atoms with Crippen LogP contribution in [0.2, 0.25) is 0 Å². The Balaban J connectivity index is 2.34. The number of fused-ring (bicyclic) bond motifs is 1. The van der Waals surface area contributed by atoms with Gasteiger partial charge in [0.15, 0.2) is 5.75 Å². The Kier molecular flexibility index (Phi) is 14.9. The molecule has 0 aliphatic heterocycles. The number of nitrogens with zero attached hydrogens (tertiary/aromatic N) is 1. The van der Waals surface area contributed by atoms with Crippen molar-refractivity contribution in [2.45, 2.75) is 119 Å². The van der Waals surface area contributed by atoms with Crippen LogP contribution in [-0.2, 0) is 0 Å². The summed E-state index contributed by atoms with van der Waals surface area (Å²) in [5, 5.41) is 0.873. The molecule has 0 saturated carbocycles. The summed E-state index contributed by atoms with van der Waals surface area (Å²) in [6.07, 6.45) is 15.6. The molecule has 0 spiro atoms. The highest BCUT2D eigenvalue weighted by atomic mass is 16.5. The highest BCUT2D eigenvalue weighted by Gasteiger charge is 2.21. The van der Waals surface area contributed by atoms with Crippen molar-refractivity contribution in [3.05, 3.63) is 51.9 Å². The van der Waals surface area contributed by atoms with Crippen LogP contribution in [0.3, 0.4) is 0 Å². The Morgan fingerprint density at radius 1 is 0.846 bits per heavy atom. The second-order valence-electron chi connectivity index (χ2n) is 11.1. The maximum atomic E-state index is 13.7. The van der Waals surface area contributed by atoms with E-state index in [4.69, 9.17) is 14.2 Å². The number of unbranched alkanes of at least 4 members (excludes halogenated alkanes) is 6. The van der Waals surface area contributed by atoms with Crippen LogP contribution >= 0.6 is 0 Å². The lowest BCUT2D eigenvalue weighted by atomic mass is 10.1. The van der Waals surface area contributed by atoms with E-state index >= 15 is 0 Å². The van der Waals surface area contributed by atoms with E-state index in [0.29, 0.717) is 31.3 Å². The monoisotopic (exact) mass is 539 g/mol. The second-order valence-corrected chi connectivity index (χ2v) is 11.1. The summed E-state index contributed by atoms with van der Waals surface area (Å²) in [6, 6.07) is 5.94. The first-order valence-electron chi connectivity index (χ1n) is 15.2. The highest BCUT2D eigenvalue weighted by Crippen LogP contribution is 2.36. The van der Waals surface area contributed by atoms with Crippen molar-refractivity contribution in [1.82, 2.24) is 4.57 Å². The number of hydrogen-bond acceptors (Lipinski definition) is 4. The van der Waals surface area contributed by atoms with Crippen LogP contribution < -0.4 is 19.8 Å². The van der Waals surface area contributed by atoms with Crippen LogP contribution in [0, 0.1) is 0 Å². The molecule has 0 atom stereocenters. The van der Waals surface area contributed by atoms with E-state index < -0.39 is 0 Å². The fourth-order valence-electron chi connectivity index (χ4n) is 4.56. The fourth-order valence-corrected chi connectivity index (χ4v) is 4.56. The summed E-state index contributed by atoms with van der Waals surface area (Å²) < 4.78 is 20.3. The number of aromatic nitrogens is 1. The maximum Gasteiger partial charge on any atom is 0.297 e. The van der Waals surface area contributed by atoms with Crippen LogP contribution in [0.1, 0.15) is 119 Å². The lowest BCUT2D eigenvalue weighted by Crippen LogP contribution is -2.25. The standard InChI is InChI=1S/C34H53NO4/c1-8-10-12-13-14-15-23-37-29-19-20-30-31(25-29)35(27(5)6)34(36)33(38-22-11-9-2)32(30)39-24-21-28(7)18-16-17-26(3)4/h17,19-21,25,27H,8-16,18,22-24H2,1-7H3/b28-21+. The molecule has 2 aromatic rings. The van der Waals surface area contributed by atoms with Gasteiger partial charge in [-0.3, -0.25) is 4.79 Å². The molecule has 1 aromatic heterocycles. The van der Waals surface area contributed by atoms with Crippen LogP contribution in [0.25, 0.3) is 10.9 Å². The molecule has 0 saturated heterocycles. The molecule has 0 aliphatic rings. The quantitative estimate of drug-likeness (QED) is 0.132. The van der Waals surface area contributed by atoms with Gasteiger partial charge in [-0.2, -0.15) is 0 Å². The van der Waals surface area contributed by atoms with Gasteiger partial charge in [-0.05, 0) is 78.5 Å². The van der Waals surface area contributed by atoms with Crippen molar-refractivity contribution < 1.29 is 14.2 Å². The number of pyridine rings is 1. The molecule has 5 nitrogen and oxygen atoms in total. The normalized spacial score (nSPS) is 11.7. The van der Waals surface area contributed by atoms with Gasteiger partial charge in [0.2, 0.25) is 5.75 Å². The third-order valence-corrected chi connectivity index (χ3v) is 6.87. The zero-order valence-corrected chi connectivity index (χ0v) is 25.7. The van der Waals surface area contributed by atoms with Crippen LogP contribution in [0.15, 0.2) is 46.3 Å². The van der Waals surface area contributed by atoms with Gasteiger partial charge < -0.3 is 18.8 Å². The first-order valence-corrected chi connectivity index (χ1v) is 15.2. The molecule has 2 rings (SSSR count). The lowest BCUT2D eigenvalue weighted by Gasteiger charge is -2.21. The molecule has 0 N–H and O–H groups in total. The van der Waals surface area contributed by atoms with Gasteiger partial charge in [0.1, 0.15) is 12.4 Å². The zero-order chi connectivity index (χ0) is 28.6. The fraction of sp³-hybridized carbons (Fsp3) is 0.618. The van der Waals surface area contributed by atoms with Crippen molar-refractivity contribution in [2.75, 3.05) is 19.8 Å². The molecular formula is C34H53NO4. The number of ether oxygens (including phenoxy) is 3. The van der Waals surface area contributed by atoms with E-state index in [-0.39, 0.29) is 11.6 Å². The largest absolute Gasteiger partial charge is 0.494 e. The summed E-state index contributed by atoms with van der Waals surface area (Å²) in [4.78, 5) is 13.7. The summed E-state index contributed by atoms with van der Waals surface area (Å²) in [5.41, 5.74) is 3.27. The molecular weight excluding hydrogens is 486 g/mol. The summed E-state index contributed by atoms with van der Waals surface area (Å²) >= 11 is 0. The Morgan fingerprint density at radius 3 is 2.23 bits per heavy atom. The molecule has 1 aromatic carbocycles. The van der Waals surface area contributed by atoms with Gasteiger partial charge in [0, 0.05) is 17.5 Å².